The number of fused-ring (bicyclic) bond motifs is 2. The number of nitrogens with zero attached hydrogens (tertiary/aromatic N) is 3. The van der Waals surface area contributed by atoms with Gasteiger partial charge in [-0.25, -0.2) is 4.79 Å². The van der Waals surface area contributed by atoms with E-state index >= 15 is 0 Å². The Balaban J connectivity index is 1.53. The van der Waals surface area contributed by atoms with Gasteiger partial charge in [-0.1, -0.05) is 30.3 Å². The van der Waals surface area contributed by atoms with Crippen molar-refractivity contribution in [3.05, 3.63) is 52.8 Å². The number of piperidine rings is 2. The molecule has 2 aliphatic rings. The van der Waals surface area contributed by atoms with Gasteiger partial charge in [0, 0.05) is 43.2 Å². The van der Waals surface area contributed by atoms with Crippen LogP contribution >= 0.6 is 0 Å². The van der Waals surface area contributed by atoms with Crippen LogP contribution in [0.1, 0.15) is 54.6 Å². The first-order valence-corrected chi connectivity index (χ1v) is 10.1. The van der Waals surface area contributed by atoms with E-state index in [1.807, 2.05) is 60.8 Å². The average molecular weight is 383 g/mol. The van der Waals surface area contributed by atoms with Gasteiger partial charge in [-0.3, -0.25) is 4.68 Å². The maximum Gasteiger partial charge on any atom is 0.410 e. The highest BCUT2D eigenvalue weighted by Crippen LogP contribution is 2.46. The third kappa shape index (κ3) is 3.30. The molecule has 1 aromatic heterocycles. The molecule has 6 heteroatoms. The number of ether oxygens (including phenoxy) is 1. The summed E-state index contributed by atoms with van der Waals surface area (Å²) in [7, 11) is 1.91. The van der Waals surface area contributed by atoms with Crippen LogP contribution in [0.25, 0.3) is 0 Å². The van der Waals surface area contributed by atoms with Gasteiger partial charge in [-0.05, 0) is 38.7 Å². The Kier molecular flexibility index (Phi) is 4.91. The lowest BCUT2D eigenvalue weighted by Gasteiger charge is -2.51. The van der Waals surface area contributed by atoms with Crippen molar-refractivity contribution in [2.75, 3.05) is 0 Å². The molecule has 2 fully saturated rings. The molecule has 2 saturated heterocycles. The SMILES string of the molecule is Cc1nn(C)c(C)c1C1(O)CC2CCCC(C1)N2C(=O)OCc1ccccc1. The Morgan fingerprint density at radius 2 is 1.86 bits per heavy atom. The number of carbonyl (C=O) groups is 1. The number of aromatic nitrogens is 2. The molecule has 0 saturated carbocycles. The molecular weight excluding hydrogens is 354 g/mol. The molecule has 1 N–H and O–H groups in total. The molecule has 0 aliphatic carbocycles. The normalized spacial score (nSPS) is 26.9. The summed E-state index contributed by atoms with van der Waals surface area (Å²) in [6.07, 6.45) is 3.70. The van der Waals surface area contributed by atoms with Crippen LogP contribution in [0.4, 0.5) is 4.79 Å². The van der Waals surface area contributed by atoms with Crippen molar-refractivity contribution >= 4 is 6.09 Å². The summed E-state index contributed by atoms with van der Waals surface area (Å²) in [5.74, 6) is 0. The van der Waals surface area contributed by atoms with Gasteiger partial charge in [0.25, 0.3) is 0 Å². The van der Waals surface area contributed by atoms with Gasteiger partial charge < -0.3 is 14.7 Å². The summed E-state index contributed by atoms with van der Waals surface area (Å²) in [5, 5.41) is 16.1. The van der Waals surface area contributed by atoms with Crippen molar-refractivity contribution in [3.63, 3.8) is 0 Å². The predicted octanol–water partition coefficient (Wildman–Crippen LogP) is 3.58. The molecule has 2 bridgehead atoms. The van der Waals surface area contributed by atoms with Crippen LogP contribution in [-0.4, -0.2) is 38.0 Å². The first-order valence-electron chi connectivity index (χ1n) is 10.1. The lowest BCUT2D eigenvalue weighted by atomic mass is 9.72. The zero-order valence-corrected chi connectivity index (χ0v) is 16.9. The summed E-state index contributed by atoms with van der Waals surface area (Å²) in [6.45, 7) is 4.24. The topological polar surface area (TPSA) is 67.6 Å². The van der Waals surface area contributed by atoms with Gasteiger partial charge in [0.15, 0.2) is 0 Å². The second-order valence-electron chi connectivity index (χ2n) is 8.30. The van der Waals surface area contributed by atoms with Gasteiger partial charge in [-0.2, -0.15) is 5.10 Å². The highest BCUT2D eigenvalue weighted by Gasteiger charge is 2.50. The van der Waals surface area contributed by atoms with Crippen LogP contribution in [0.2, 0.25) is 0 Å². The zero-order valence-electron chi connectivity index (χ0n) is 16.9. The van der Waals surface area contributed by atoms with E-state index in [9.17, 15) is 9.90 Å². The first-order chi connectivity index (χ1) is 13.4. The van der Waals surface area contributed by atoms with E-state index < -0.39 is 5.60 Å². The molecule has 2 unspecified atom stereocenters. The van der Waals surface area contributed by atoms with Crippen LogP contribution in [0, 0.1) is 13.8 Å². The maximum atomic E-state index is 12.9. The van der Waals surface area contributed by atoms with E-state index in [0.717, 1.165) is 41.8 Å². The largest absolute Gasteiger partial charge is 0.445 e. The molecule has 2 aliphatic heterocycles. The molecule has 150 valence electrons. The van der Waals surface area contributed by atoms with E-state index in [2.05, 4.69) is 5.10 Å². The molecule has 6 nitrogen and oxygen atoms in total. The molecule has 2 atom stereocenters. The van der Waals surface area contributed by atoms with Crippen molar-refractivity contribution in [1.82, 2.24) is 14.7 Å². The fraction of sp³-hybridized carbons (Fsp3) is 0.545. The van der Waals surface area contributed by atoms with Gasteiger partial charge in [0.05, 0.1) is 11.3 Å². The molecular formula is C22H29N3O3. The second kappa shape index (κ2) is 7.24. The van der Waals surface area contributed by atoms with Crippen LogP contribution < -0.4 is 0 Å². The molecule has 1 aromatic carbocycles. The van der Waals surface area contributed by atoms with Crippen molar-refractivity contribution in [2.45, 2.75) is 70.2 Å². The fourth-order valence-electron chi connectivity index (χ4n) is 5.17. The number of amides is 1. The van der Waals surface area contributed by atoms with Crippen LogP contribution in [0.3, 0.4) is 0 Å². The summed E-state index contributed by atoms with van der Waals surface area (Å²) >= 11 is 0. The lowest BCUT2D eigenvalue weighted by Crippen LogP contribution is -2.59. The standard InChI is InChI=1S/C22H29N3O3/c1-15-20(16(2)24(3)23-15)22(27)12-18-10-7-11-19(13-22)25(18)21(26)28-14-17-8-5-4-6-9-17/h4-6,8-9,18-19,27H,7,10-14H2,1-3H3. The van der Waals surface area contributed by atoms with E-state index in [1.165, 1.54) is 0 Å². The van der Waals surface area contributed by atoms with Crippen molar-refractivity contribution in [2.24, 2.45) is 7.05 Å². The summed E-state index contributed by atoms with van der Waals surface area (Å²) in [6, 6.07) is 9.74. The van der Waals surface area contributed by atoms with Gasteiger partial charge in [-0.15, -0.1) is 0 Å². The van der Waals surface area contributed by atoms with E-state index in [4.69, 9.17) is 4.74 Å². The summed E-state index contributed by atoms with van der Waals surface area (Å²) < 4.78 is 7.45. The minimum Gasteiger partial charge on any atom is -0.445 e. The zero-order chi connectivity index (χ0) is 19.9. The first kappa shape index (κ1) is 19.0. The predicted molar refractivity (Wildman–Crippen MR) is 106 cm³/mol. The Labute approximate surface area is 166 Å². The minimum absolute atomic E-state index is 0.000204. The molecule has 3 heterocycles. The van der Waals surface area contributed by atoms with Crippen molar-refractivity contribution in [1.29, 1.82) is 0 Å². The number of benzene rings is 1. The second-order valence-corrected chi connectivity index (χ2v) is 8.30. The Bertz CT molecular complexity index is 847. The third-order valence-electron chi connectivity index (χ3n) is 6.40. The van der Waals surface area contributed by atoms with Crippen LogP contribution in [0.15, 0.2) is 30.3 Å². The fourth-order valence-corrected chi connectivity index (χ4v) is 5.17. The van der Waals surface area contributed by atoms with Gasteiger partial charge in [0.1, 0.15) is 6.61 Å². The average Bonchev–Trinajstić information content (AvgIpc) is 2.92. The van der Waals surface area contributed by atoms with Gasteiger partial charge in [0.2, 0.25) is 0 Å². The Morgan fingerprint density at radius 3 is 2.43 bits per heavy atom. The monoisotopic (exact) mass is 383 g/mol. The number of aryl methyl sites for hydroxylation is 2. The van der Waals surface area contributed by atoms with E-state index in [1.54, 1.807) is 0 Å². The molecule has 0 spiro atoms. The summed E-state index contributed by atoms with van der Waals surface area (Å²) in [4.78, 5) is 14.8. The Morgan fingerprint density at radius 1 is 1.21 bits per heavy atom. The maximum absolute atomic E-state index is 12.9. The number of rotatable bonds is 3. The molecule has 4 rings (SSSR count). The van der Waals surface area contributed by atoms with Crippen LogP contribution in [0.5, 0.6) is 0 Å². The molecule has 2 aromatic rings. The van der Waals surface area contributed by atoms with Crippen molar-refractivity contribution < 1.29 is 14.6 Å². The number of aliphatic hydroxyl groups is 1. The molecule has 0 radical (unpaired) electrons. The highest BCUT2D eigenvalue weighted by atomic mass is 16.6. The highest BCUT2D eigenvalue weighted by molar-refractivity contribution is 5.69. The van der Waals surface area contributed by atoms with Gasteiger partial charge >= 0.3 is 6.09 Å². The molecule has 1 amide bonds. The number of hydrogen-bond donors (Lipinski definition) is 1. The third-order valence-corrected chi connectivity index (χ3v) is 6.40. The van der Waals surface area contributed by atoms with Crippen molar-refractivity contribution in [3.8, 4) is 0 Å². The molecule has 28 heavy (non-hydrogen) atoms. The minimum atomic E-state index is -0.936. The number of carbonyl (C=O) groups excluding carboxylic acids is 1. The van der Waals surface area contributed by atoms with E-state index in [-0.39, 0.29) is 24.8 Å². The Hall–Kier alpha value is -2.34. The summed E-state index contributed by atoms with van der Waals surface area (Å²) in [5.41, 5.74) is 2.85. The lowest BCUT2D eigenvalue weighted by molar-refractivity contribution is -0.0902. The number of hydrogen-bond acceptors (Lipinski definition) is 4. The smallest absolute Gasteiger partial charge is 0.410 e. The van der Waals surface area contributed by atoms with Crippen LogP contribution in [-0.2, 0) is 24.0 Å². The van der Waals surface area contributed by atoms with E-state index in [0.29, 0.717) is 12.8 Å². The quantitative estimate of drug-likeness (QED) is 0.880.